The predicted octanol–water partition coefficient (Wildman–Crippen LogP) is 2.92. The van der Waals surface area contributed by atoms with Gasteiger partial charge in [-0.25, -0.2) is 18.4 Å². The van der Waals surface area contributed by atoms with E-state index in [1.807, 2.05) is 5.32 Å². The van der Waals surface area contributed by atoms with Gasteiger partial charge in [-0.3, -0.25) is 14.9 Å². The molecule has 0 saturated heterocycles. The average molecular weight is 442 g/mol. The molecule has 0 saturated carbocycles. The molecule has 2 aromatic rings. The molecular formula is C18H14ClF2N3O6. The van der Waals surface area contributed by atoms with Crippen molar-refractivity contribution >= 4 is 46.8 Å². The minimum Gasteiger partial charge on any atom is -0.495 e. The van der Waals surface area contributed by atoms with Crippen LogP contribution in [0, 0.1) is 18.6 Å². The molecule has 0 heterocycles. The highest BCUT2D eigenvalue weighted by molar-refractivity contribution is 6.36. The number of nitrogens with one attached hydrogen (secondary N) is 3. The number of imide groups is 1. The Morgan fingerprint density at radius 1 is 1.00 bits per heavy atom. The molecule has 0 aliphatic carbocycles. The lowest BCUT2D eigenvalue weighted by molar-refractivity contribution is -0.147. The zero-order chi connectivity index (χ0) is 22.6. The molecule has 4 N–H and O–H groups in total. The number of benzene rings is 2. The monoisotopic (exact) mass is 441 g/mol. The first-order valence-electron chi connectivity index (χ1n) is 8.03. The predicted molar refractivity (Wildman–Crippen MR) is 102 cm³/mol. The van der Waals surface area contributed by atoms with Gasteiger partial charge in [0.15, 0.2) is 11.6 Å². The highest BCUT2D eigenvalue weighted by Gasteiger charge is 2.19. The lowest BCUT2D eigenvalue weighted by atomic mass is 10.1. The molecule has 0 aromatic heterocycles. The smallest absolute Gasteiger partial charge is 0.394 e. The first-order valence-corrected chi connectivity index (χ1v) is 8.41. The number of hydrogen-bond acceptors (Lipinski definition) is 5. The maximum atomic E-state index is 13.3. The van der Waals surface area contributed by atoms with Crippen LogP contribution in [0.5, 0.6) is 5.75 Å². The standard InChI is InChI=1S/C18H14ClF2N3O6/c1-7-3-14(30-2)13(22-16(26)17(27)28)6-12(7)23-18(29)24-15(25)8-4-10(20)11(21)5-9(8)19/h3-6H,1-2H3,(H,22,26)(H,27,28)(H2,23,24,25,29). The summed E-state index contributed by atoms with van der Waals surface area (Å²) in [4.78, 5) is 46.4. The number of methoxy groups -OCH3 is 1. The highest BCUT2D eigenvalue weighted by Crippen LogP contribution is 2.31. The Bertz CT molecular complexity index is 1060. The molecule has 0 unspecified atom stereocenters. The first-order chi connectivity index (χ1) is 14.0. The lowest BCUT2D eigenvalue weighted by Crippen LogP contribution is -2.34. The molecule has 2 rings (SSSR count). The second-order valence-electron chi connectivity index (χ2n) is 5.78. The number of aryl methyl sites for hydroxylation is 1. The molecule has 4 amide bonds. The number of hydrogen-bond donors (Lipinski definition) is 4. The van der Waals surface area contributed by atoms with E-state index in [1.165, 1.54) is 19.2 Å². The van der Waals surface area contributed by atoms with Crippen molar-refractivity contribution in [1.29, 1.82) is 0 Å². The van der Waals surface area contributed by atoms with Crippen LogP contribution in [-0.4, -0.2) is 36.0 Å². The van der Waals surface area contributed by atoms with E-state index in [2.05, 4.69) is 10.6 Å². The number of amides is 4. The van der Waals surface area contributed by atoms with Gasteiger partial charge in [-0.1, -0.05) is 11.6 Å². The van der Waals surface area contributed by atoms with Gasteiger partial charge in [-0.05, 0) is 36.8 Å². The number of rotatable bonds is 4. The van der Waals surface area contributed by atoms with E-state index in [9.17, 15) is 28.0 Å². The fourth-order valence-electron chi connectivity index (χ4n) is 2.28. The fourth-order valence-corrected chi connectivity index (χ4v) is 2.52. The molecule has 12 heteroatoms. The van der Waals surface area contributed by atoms with Crippen LogP contribution in [0.1, 0.15) is 15.9 Å². The van der Waals surface area contributed by atoms with E-state index in [0.717, 1.165) is 0 Å². The Balaban J connectivity index is 2.21. The molecule has 0 spiro atoms. The van der Waals surface area contributed by atoms with Crippen LogP contribution in [0.3, 0.4) is 0 Å². The number of urea groups is 1. The van der Waals surface area contributed by atoms with E-state index >= 15 is 0 Å². The van der Waals surface area contributed by atoms with Crippen molar-refractivity contribution in [3.63, 3.8) is 0 Å². The lowest BCUT2D eigenvalue weighted by Gasteiger charge is -2.15. The van der Waals surface area contributed by atoms with Gasteiger partial charge in [0.2, 0.25) is 0 Å². The van der Waals surface area contributed by atoms with E-state index in [4.69, 9.17) is 21.4 Å². The Kier molecular flexibility index (Phi) is 6.90. The van der Waals surface area contributed by atoms with Gasteiger partial charge in [0, 0.05) is 5.69 Å². The third-order valence-electron chi connectivity index (χ3n) is 3.72. The number of carbonyl (C=O) groups is 4. The van der Waals surface area contributed by atoms with E-state index in [-0.39, 0.29) is 17.1 Å². The molecule has 0 atom stereocenters. The van der Waals surface area contributed by atoms with Gasteiger partial charge in [0.25, 0.3) is 5.91 Å². The summed E-state index contributed by atoms with van der Waals surface area (Å²) in [6, 6.07) is 2.70. The topological polar surface area (TPSA) is 134 Å². The second kappa shape index (κ2) is 9.18. The molecule has 158 valence electrons. The van der Waals surface area contributed by atoms with E-state index in [0.29, 0.717) is 17.7 Å². The summed E-state index contributed by atoms with van der Waals surface area (Å²) >= 11 is 5.69. The average Bonchev–Trinajstić information content (AvgIpc) is 2.66. The van der Waals surface area contributed by atoms with Crippen LogP contribution in [0.25, 0.3) is 0 Å². The Morgan fingerprint density at radius 3 is 2.23 bits per heavy atom. The van der Waals surface area contributed by atoms with E-state index in [1.54, 1.807) is 6.92 Å². The van der Waals surface area contributed by atoms with Crippen LogP contribution >= 0.6 is 11.6 Å². The van der Waals surface area contributed by atoms with Gasteiger partial charge in [0.1, 0.15) is 5.75 Å². The minimum atomic E-state index is -1.74. The number of halogens is 3. The molecule has 0 radical (unpaired) electrons. The van der Waals surface area contributed by atoms with Crippen LogP contribution in [-0.2, 0) is 9.59 Å². The summed E-state index contributed by atoms with van der Waals surface area (Å²) < 4.78 is 31.5. The second-order valence-corrected chi connectivity index (χ2v) is 6.19. The summed E-state index contributed by atoms with van der Waals surface area (Å²) in [6.07, 6.45) is 0. The summed E-state index contributed by atoms with van der Waals surface area (Å²) in [5.41, 5.74) is 0.0131. The van der Waals surface area contributed by atoms with Crippen molar-refractivity contribution in [3.8, 4) is 5.75 Å². The zero-order valence-corrected chi connectivity index (χ0v) is 16.2. The summed E-state index contributed by atoms with van der Waals surface area (Å²) in [5.74, 6) is -6.63. The molecule has 0 aliphatic heterocycles. The van der Waals surface area contributed by atoms with Gasteiger partial charge < -0.3 is 20.5 Å². The van der Waals surface area contributed by atoms with Gasteiger partial charge in [-0.2, -0.15) is 0 Å². The van der Waals surface area contributed by atoms with Crippen molar-refractivity contribution in [2.75, 3.05) is 17.7 Å². The van der Waals surface area contributed by atoms with Crippen LogP contribution in [0.4, 0.5) is 25.0 Å². The number of aliphatic carboxylic acids is 1. The summed E-state index contributed by atoms with van der Waals surface area (Å²) in [5, 5.41) is 14.6. The van der Waals surface area contributed by atoms with Gasteiger partial charge in [0.05, 0.1) is 23.4 Å². The number of carbonyl (C=O) groups excluding carboxylic acids is 3. The first kappa shape index (κ1) is 22.6. The van der Waals surface area contributed by atoms with Gasteiger partial charge >= 0.3 is 17.9 Å². The van der Waals surface area contributed by atoms with Crippen LogP contribution < -0.4 is 20.7 Å². The molecule has 30 heavy (non-hydrogen) atoms. The minimum absolute atomic E-state index is 0.0548. The van der Waals surface area contributed by atoms with Crippen LogP contribution in [0.2, 0.25) is 5.02 Å². The quantitative estimate of drug-likeness (QED) is 0.426. The normalized spacial score (nSPS) is 10.2. The number of carboxylic acids is 1. The third kappa shape index (κ3) is 5.20. The number of anilines is 2. The van der Waals surface area contributed by atoms with E-state index < -0.39 is 46.0 Å². The molecular weight excluding hydrogens is 428 g/mol. The summed E-state index contributed by atoms with van der Waals surface area (Å²) in [7, 11) is 1.29. The van der Waals surface area contributed by atoms with Crippen molar-refractivity contribution in [2.24, 2.45) is 0 Å². The van der Waals surface area contributed by atoms with Crippen molar-refractivity contribution in [1.82, 2.24) is 5.32 Å². The van der Waals surface area contributed by atoms with Crippen LogP contribution in [0.15, 0.2) is 24.3 Å². The maximum absolute atomic E-state index is 13.3. The summed E-state index contributed by atoms with van der Waals surface area (Å²) in [6.45, 7) is 1.56. The molecule has 9 nitrogen and oxygen atoms in total. The van der Waals surface area contributed by atoms with Crippen molar-refractivity contribution < 1.29 is 37.8 Å². The maximum Gasteiger partial charge on any atom is 0.394 e. The number of ether oxygens (including phenoxy) is 1. The molecule has 0 fully saturated rings. The fraction of sp³-hybridized carbons (Fsp3) is 0.111. The molecule has 0 aliphatic rings. The van der Waals surface area contributed by atoms with Crippen molar-refractivity contribution in [3.05, 3.63) is 52.0 Å². The highest BCUT2D eigenvalue weighted by atomic mass is 35.5. The zero-order valence-electron chi connectivity index (χ0n) is 15.4. The Hall–Kier alpha value is -3.73. The SMILES string of the molecule is COc1cc(C)c(NC(=O)NC(=O)c2cc(F)c(F)cc2Cl)cc1NC(=O)C(=O)O. The Morgan fingerprint density at radius 2 is 1.63 bits per heavy atom. The van der Waals surface area contributed by atoms with Crippen molar-refractivity contribution in [2.45, 2.75) is 6.92 Å². The largest absolute Gasteiger partial charge is 0.495 e. The number of carboxylic acid groups (broad SMARTS) is 1. The molecule has 0 bridgehead atoms. The van der Waals surface area contributed by atoms with Gasteiger partial charge in [-0.15, -0.1) is 0 Å². The Labute approximate surface area is 173 Å². The third-order valence-corrected chi connectivity index (χ3v) is 4.03. The molecule has 2 aromatic carbocycles.